The van der Waals surface area contributed by atoms with Crippen molar-refractivity contribution >= 4 is 17.9 Å². The predicted molar refractivity (Wildman–Crippen MR) is 93.8 cm³/mol. The molecule has 0 spiro atoms. The number of nitrogens with one attached hydrogen (secondary N) is 2. The quantitative estimate of drug-likeness (QED) is 0.750. The lowest BCUT2D eigenvalue weighted by Gasteiger charge is -2.23. The van der Waals surface area contributed by atoms with Crippen LogP contribution < -0.4 is 15.4 Å². The zero-order valence-corrected chi connectivity index (χ0v) is 15.1. The van der Waals surface area contributed by atoms with Crippen LogP contribution in [-0.2, 0) is 9.53 Å². The van der Waals surface area contributed by atoms with Gasteiger partial charge in [0.1, 0.15) is 5.56 Å². The van der Waals surface area contributed by atoms with Crippen LogP contribution in [0.15, 0.2) is 18.3 Å². The Labute approximate surface area is 152 Å². The summed E-state index contributed by atoms with van der Waals surface area (Å²) in [7, 11) is 0. The Hall–Kier alpha value is -2.64. The second-order valence-corrected chi connectivity index (χ2v) is 6.13. The molecule has 1 heterocycles. The molecule has 0 radical (unpaired) electrons. The molecule has 1 saturated carbocycles. The number of imide groups is 1. The molecule has 0 aliphatic heterocycles. The molecule has 0 saturated heterocycles. The highest BCUT2D eigenvalue weighted by atomic mass is 16.6. The summed E-state index contributed by atoms with van der Waals surface area (Å²) in [5.41, 5.74) is 0.126. The molecule has 26 heavy (non-hydrogen) atoms. The Morgan fingerprint density at radius 3 is 2.69 bits per heavy atom. The molecule has 1 aromatic rings. The Morgan fingerprint density at radius 2 is 2.00 bits per heavy atom. The molecule has 8 nitrogen and oxygen atoms in total. The minimum absolute atomic E-state index is 0.0820. The van der Waals surface area contributed by atoms with Gasteiger partial charge in [-0.1, -0.05) is 19.3 Å². The van der Waals surface area contributed by atoms with Gasteiger partial charge in [-0.15, -0.1) is 0 Å². The van der Waals surface area contributed by atoms with E-state index in [4.69, 9.17) is 9.47 Å². The highest BCUT2D eigenvalue weighted by molar-refractivity contribution is 5.99. The van der Waals surface area contributed by atoms with Crippen LogP contribution in [-0.4, -0.2) is 41.6 Å². The third-order valence-corrected chi connectivity index (χ3v) is 4.10. The molecule has 0 unspecified atom stereocenters. The SMILES string of the molecule is CCOc1ncccc1C(=O)O[C@@H](C)C(=O)NC(=O)NC1CCCCC1. The van der Waals surface area contributed by atoms with Gasteiger partial charge in [-0.25, -0.2) is 14.6 Å². The van der Waals surface area contributed by atoms with Crippen LogP contribution in [0.4, 0.5) is 4.79 Å². The van der Waals surface area contributed by atoms with Crippen molar-refractivity contribution in [2.24, 2.45) is 0 Å². The predicted octanol–water partition coefficient (Wildman–Crippen LogP) is 2.18. The fourth-order valence-electron chi connectivity index (χ4n) is 2.76. The molecule has 8 heteroatoms. The van der Waals surface area contributed by atoms with Gasteiger partial charge in [-0.2, -0.15) is 0 Å². The maximum Gasteiger partial charge on any atom is 0.344 e. The molecule has 2 rings (SSSR count). The Bertz CT molecular complexity index is 643. The first-order valence-corrected chi connectivity index (χ1v) is 8.91. The van der Waals surface area contributed by atoms with E-state index in [0.29, 0.717) is 6.61 Å². The number of carbonyl (C=O) groups is 3. The lowest BCUT2D eigenvalue weighted by molar-refractivity contribution is -0.127. The summed E-state index contributed by atoms with van der Waals surface area (Å²) in [6.45, 7) is 3.51. The van der Waals surface area contributed by atoms with Crippen molar-refractivity contribution in [2.75, 3.05) is 6.61 Å². The van der Waals surface area contributed by atoms with Crippen LogP contribution in [0.25, 0.3) is 0 Å². The monoisotopic (exact) mass is 363 g/mol. The molecule has 142 valence electrons. The van der Waals surface area contributed by atoms with Crippen molar-refractivity contribution < 1.29 is 23.9 Å². The lowest BCUT2D eigenvalue weighted by Crippen LogP contribution is -2.48. The van der Waals surface area contributed by atoms with Gasteiger partial charge in [0.2, 0.25) is 5.88 Å². The first kappa shape index (κ1) is 19.7. The van der Waals surface area contributed by atoms with Crippen molar-refractivity contribution in [1.29, 1.82) is 0 Å². The van der Waals surface area contributed by atoms with Crippen LogP contribution in [0, 0.1) is 0 Å². The van der Waals surface area contributed by atoms with E-state index in [1.807, 2.05) is 0 Å². The number of ether oxygens (including phenoxy) is 2. The average Bonchev–Trinajstić information content (AvgIpc) is 2.63. The normalized spacial score (nSPS) is 15.6. The zero-order chi connectivity index (χ0) is 18.9. The van der Waals surface area contributed by atoms with E-state index in [9.17, 15) is 14.4 Å². The number of esters is 1. The lowest BCUT2D eigenvalue weighted by atomic mass is 9.96. The number of urea groups is 1. The summed E-state index contributed by atoms with van der Waals surface area (Å²) < 4.78 is 10.4. The van der Waals surface area contributed by atoms with Crippen molar-refractivity contribution in [3.05, 3.63) is 23.9 Å². The number of pyridine rings is 1. The molecule has 1 fully saturated rings. The third kappa shape index (κ3) is 5.72. The third-order valence-electron chi connectivity index (χ3n) is 4.10. The molecular weight excluding hydrogens is 338 g/mol. The van der Waals surface area contributed by atoms with Gasteiger partial charge in [0.25, 0.3) is 5.91 Å². The molecule has 0 bridgehead atoms. The Balaban J connectivity index is 1.86. The van der Waals surface area contributed by atoms with Gasteiger partial charge < -0.3 is 14.8 Å². The molecule has 1 aliphatic rings. The van der Waals surface area contributed by atoms with Crippen LogP contribution in [0.2, 0.25) is 0 Å². The number of nitrogens with zero attached hydrogens (tertiary/aromatic N) is 1. The number of carbonyl (C=O) groups excluding carboxylic acids is 3. The highest BCUT2D eigenvalue weighted by Gasteiger charge is 2.24. The average molecular weight is 363 g/mol. The number of rotatable bonds is 6. The number of aromatic nitrogens is 1. The molecule has 2 N–H and O–H groups in total. The zero-order valence-electron chi connectivity index (χ0n) is 15.1. The molecule has 0 aromatic carbocycles. The van der Waals surface area contributed by atoms with Crippen LogP contribution >= 0.6 is 0 Å². The molecule has 1 aromatic heterocycles. The van der Waals surface area contributed by atoms with Crippen LogP contribution in [0.3, 0.4) is 0 Å². The van der Waals surface area contributed by atoms with Gasteiger partial charge in [-0.05, 0) is 38.8 Å². The molecular formula is C18H25N3O5. The van der Waals surface area contributed by atoms with E-state index in [1.165, 1.54) is 25.6 Å². The summed E-state index contributed by atoms with van der Waals surface area (Å²) >= 11 is 0. The van der Waals surface area contributed by atoms with Crippen molar-refractivity contribution in [2.45, 2.75) is 58.1 Å². The van der Waals surface area contributed by atoms with Gasteiger partial charge >= 0.3 is 12.0 Å². The fraction of sp³-hybridized carbons (Fsp3) is 0.556. The second kappa shape index (κ2) is 9.74. The van der Waals surface area contributed by atoms with Crippen LogP contribution in [0.1, 0.15) is 56.3 Å². The maximum absolute atomic E-state index is 12.2. The van der Waals surface area contributed by atoms with Crippen LogP contribution in [0.5, 0.6) is 5.88 Å². The second-order valence-electron chi connectivity index (χ2n) is 6.13. The molecule has 1 atom stereocenters. The van der Waals surface area contributed by atoms with Gasteiger partial charge in [0.15, 0.2) is 6.10 Å². The molecule has 1 aliphatic carbocycles. The van der Waals surface area contributed by atoms with E-state index < -0.39 is 24.0 Å². The molecule has 3 amide bonds. The van der Waals surface area contributed by atoms with Gasteiger partial charge in [-0.3, -0.25) is 10.1 Å². The van der Waals surface area contributed by atoms with Crippen molar-refractivity contribution in [1.82, 2.24) is 15.6 Å². The Morgan fingerprint density at radius 1 is 1.27 bits per heavy atom. The van der Waals surface area contributed by atoms with E-state index >= 15 is 0 Å². The van der Waals surface area contributed by atoms with Crippen molar-refractivity contribution in [3.63, 3.8) is 0 Å². The summed E-state index contributed by atoms with van der Waals surface area (Å²) in [5, 5.41) is 4.98. The number of hydrogen-bond acceptors (Lipinski definition) is 6. The van der Waals surface area contributed by atoms with E-state index in [2.05, 4.69) is 15.6 Å². The van der Waals surface area contributed by atoms with Crippen molar-refractivity contribution in [3.8, 4) is 5.88 Å². The minimum Gasteiger partial charge on any atom is -0.477 e. The van der Waals surface area contributed by atoms with E-state index in [0.717, 1.165) is 25.7 Å². The first-order valence-electron chi connectivity index (χ1n) is 8.91. The highest BCUT2D eigenvalue weighted by Crippen LogP contribution is 2.17. The fourth-order valence-corrected chi connectivity index (χ4v) is 2.76. The van der Waals surface area contributed by atoms with Gasteiger partial charge in [0, 0.05) is 12.2 Å². The summed E-state index contributed by atoms with van der Waals surface area (Å²) in [5.74, 6) is -1.28. The smallest absolute Gasteiger partial charge is 0.344 e. The van der Waals surface area contributed by atoms with E-state index in [-0.39, 0.29) is 17.5 Å². The standard InChI is InChI=1S/C18H25N3O5/c1-3-25-16-14(10-7-11-19-16)17(23)26-12(2)15(22)21-18(24)20-13-8-5-4-6-9-13/h7,10-13H,3-6,8-9H2,1-2H3,(H2,20,21,22,24)/t12-/m0/s1. The van der Waals surface area contributed by atoms with E-state index in [1.54, 1.807) is 13.0 Å². The Kier molecular flexibility index (Phi) is 7.37. The number of hydrogen-bond donors (Lipinski definition) is 2. The minimum atomic E-state index is -1.13. The summed E-state index contributed by atoms with van der Waals surface area (Å²) in [4.78, 5) is 40.2. The summed E-state index contributed by atoms with van der Waals surface area (Å²) in [6.07, 6.45) is 5.49. The van der Waals surface area contributed by atoms with Gasteiger partial charge in [0.05, 0.1) is 6.61 Å². The number of amides is 3. The first-order chi connectivity index (χ1) is 12.5. The largest absolute Gasteiger partial charge is 0.477 e. The summed E-state index contributed by atoms with van der Waals surface area (Å²) in [6, 6.07) is 2.59. The maximum atomic E-state index is 12.2. The topological polar surface area (TPSA) is 107 Å².